The van der Waals surface area contributed by atoms with Crippen LogP contribution in [0.2, 0.25) is 0 Å². The van der Waals surface area contributed by atoms with Crippen LogP contribution >= 0.6 is 11.8 Å². The molecule has 1 N–H and O–H groups in total. The first-order valence-corrected chi connectivity index (χ1v) is 8.46. The van der Waals surface area contributed by atoms with E-state index in [1.165, 1.54) is 11.8 Å². The highest BCUT2D eigenvalue weighted by atomic mass is 32.2. The summed E-state index contributed by atoms with van der Waals surface area (Å²) in [5.74, 6) is -1.07. The van der Waals surface area contributed by atoms with Crippen LogP contribution in [0.4, 0.5) is 18.9 Å². The van der Waals surface area contributed by atoms with E-state index in [0.29, 0.717) is 21.7 Å². The number of anilines is 1. The zero-order valence-corrected chi connectivity index (χ0v) is 14.3. The van der Waals surface area contributed by atoms with Gasteiger partial charge in [-0.2, -0.15) is 13.2 Å². The van der Waals surface area contributed by atoms with Crippen LogP contribution in [0, 0.1) is 0 Å². The van der Waals surface area contributed by atoms with Gasteiger partial charge >= 0.3 is 6.18 Å². The van der Waals surface area contributed by atoms with Crippen molar-refractivity contribution in [2.45, 2.75) is 16.1 Å². The van der Waals surface area contributed by atoms with E-state index >= 15 is 0 Å². The number of nitrogens with one attached hydrogen (secondary N) is 1. The minimum atomic E-state index is -4.63. The van der Waals surface area contributed by atoms with Crippen molar-refractivity contribution in [2.24, 2.45) is 0 Å². The Morgan fingerprint density at radius 3 is 2.46 bits per heavy atom. The predicted molar refractivity (Wildman–Crippen MR) is 93.4 cm³/mol. The summed E-state index contributed by atoms with van der Waals surface area (Å²) in [4.78, 5) is 5.42. The molecule has 0 saturated heterocycles. The summed E-state index contributed by atoms with van der Waals surface area (Å²) < 4.78 is 41.4. The number of para-hydroxylation sites is 1. The summed E-state index contributed by atoms with van der Waals surface area (Å²) in [7, 11) is 1.70. The van der Waals surface area contributed by atoms with Gasteiger partial charge in [0.15, 0.2) is 5.65 Å². The van der Waals surface area contributed by atoms with Crippen LogP contribution in [0.5, 0.6) is 0 Å². The normalized spacial score (nSPS) is 12.0. The van der Waals surface area contributed by atoms with Gasteiger partial charge in [0.1, 0.15) is 10.5 Å². The van der Waals surface area contributed by atoms with E-state index in [9.17, 15) is 13.2 Å². The molecule has 0 atom stereocenters. The van der Waals surface area contributed by atoms with Crippen molar-refractivity contribution in [1.29, 1.82) is 0 Å². The van der Waals surface area contributed by atoms with E-state index in [1.807, 2.05) is 30.3 Å². The zero-order valence-electron chi connectivity index (χ0n) is 13.4. The third-order valence-electron chi connectivity index (χ3n) is 3.80. The first-order valence-electron chi connectivity index (χ1n) is 7.65. The molecular weight excluding hydrogens is 363 g/mol. The lowest BCUT2D eigenvalue weighted by Crippen LogP contribution is -2.12. The highest BCUT2D eigenvalue weighted by molar-refractivity contribution is 7.99. The van der Waals surface area contributed by atoms with Gasteiger partial charge in [-0.3, -0.25) is 4.40 Å². The first kappa shape index (κ1) is 16.6. The fraction of sp³-hybridized carbons (Fsp3) is 0.118. The highest BCUT2D eigenvalue weighted by Crippen LogP contribution is 2.36. The van der Waals surface area contributed by atoms with Crippen molar-refractivity contribution < 1.29 is 13.2 Å². The fourth-order valence-electron chi connectivity index (χ4n) is 2.69. The molecule has 2 aromatic carbocycles. The SMILES string of the molecule is CNc1cccc2c1nc(Sc1ccccc1)c1nnc(C(F)(F)F)n12. The molecule has 0 saturated carbocycles. The van der Waals surface area contributed by atoms with E-state index < -0.39 is 12.0 Å². The largest absolute Gasteiger partial charge is 0.452 e. The molecule has 4 rings (SSSR count). The Kier molecular flexibility index (Phi) is 3.95. The van der Waals surface area contributed by atoms with Gasteiger partial charge < -0.3 is 5.32 Å². The number of rotatable bonds is 3. The van der Waals surface area contributed by atoms with E-state index in [0.717, 1.165) is 9.30 Å². The number of alkyl halides is 3. The van der Waals surface area contributed by atoms with Gasteiger partial charge in [-0.15, -0.1) is 10.2 Å². The summed E-state index contributed by atoms with van der Waals surface area (Å²) >= 11 is 1.25. The second kappa shape index (κ2) is 6.17. The number of benzene rings is 2. The van der Waals surface area contributed by atoms with Gasteiger partial charge in [0.05, 0.1) is 11.2 Å². The van der Waals surface area contributed by atoms with E-state index in [-0.39, 0.29) is 5.65 Å². The third-order valence-corrected chi connectivity index (χ3v) is 4.78. The molecule has 0 fully saturated rings. The minimum absolute atomic E-state index is 0.0759. The van der Waals surface area contributed by atoms with Crippen LogP contribution < -0.4 is 5.32 Å². The Morgan fingerprint density at radius 2 is 1.77 bits per heavy atom. The van der Waals surface area contributed by atoms with Crippen molar-refractivity contribution in [3.8, 4) is 0 Å². The van der Waals surface area contributed by atoms with Gasteiger partial charge in [0.25, 0.3) is 0 Å². The average molecular weight is 375 g/mol. The van der Waals surface area contributed by atoms with Crippen LogP contribution in [0.3, 0.4) is 0 Å². The summed E-state index contributed by atoms with van der Waals surface area (Å²) in [5.41, 5.74) is 1.42. The summed E-state index contributed by atoms with van der Waals surface area (Å²) in [5, 5.41) is 10.5. The molecule has 4 aromatic rings. The molecule has 132 valence electrons. The monoisotopic (exact) mass is 375 g/mol. The summed E-state index contributed by atoms with van der Waals surface area (Å²) in [6.07, 6.45) is -4.63. The van der Waals surface area contributed by atoms with Crippen molar-refractivity contribution in [2.75, 3.05) is 12.4 Å². The first-order chi connectivity index (χ1) is 12.5. The summed E-state index contributed by atoms with van der Waals surface area (Å²) in [6.45, 7) is 0. The molecule has 26 heavy (non-hydrogen) atoms. The molecule has 2 aromatic heterocycles. The highest BCUT2D eigenvalue weighted by Gasteiger charge is 2.38. The Bertz CT molecular complexity index is 1090. The quantitative estimate of drug-likeness (QED) is 0.572. The molecule has 9 heteroatoms. The standard InChI is InChI=1S/C17H12F3N5S/c1-21-11-8-5-9-12-13(11)22-15(26-10-6-3-2-4-7-10)14-23-24-16(25(12)14)17(18,19)20/h2-9,21H,1H3. The third kappa shape index (κ3) is 2.74. The lowest BCUT2D eigenvalue weighted by molar-refractivity contribution is -0.145. The molecule has 0 aliphatic heterocycles. The molecule has 0 aliphatic rings. The fourth-order valence-corrected chi connectivity index (χ4v) is 3.56. The topological polar surface area (TPSA) is 55.1 Å². The van der Waals surface area contributed by atoms with Crippen molar-refractivity contribution in [3.63, 3.8) is 0 Å². The Labute approximate surface area is 150 Å². The number of halogens is 3. The van der Waals surface area contributed by atoms with Crippen LogP contribution in [0.25, 0.3) is 16.7 Å². The molecule has 0 radical (unpaired) electrons. The average Bonchev–Trinajstić information content (AvgIpc) is 3.08. The molecular formula is C17H12F3N5S. The molecule has 0 spiro atoms. The van der Waals surface area contributed by atoms with Gasteiger partial charge in [-0.25, -0.2) is 4.98 Å². The van der Waals surface area contributed by atoms with E-state index in [4.69, 9.17) is 0 Å². The van der Waals surface area contributed by atoms with Gasteiger partial charge in [0, 0.05) is 11.9 Å². The van der Waals surface area contributed by atoms with Crippen molar-refractivity contribution in [1.82, 2.24) is 19.6 Å². The molecule has 0 unspecified atom stereocenters. The zero-order chi connectivity index (χ0) is 18.3. The number of aromatic nitrogens is 4. The predicted octanol–water partition coefficient (Wildman–Crippen LogP) is 4.49. The Balaban J connectivity index is 2.06. The summed E-state index contributed by atoms with van der Waals surface area (Å²) in [6, 6.07) is 14.3. The second-order valence-corrected chi connectivity index (χ2v) is 6.50. The smallest absolute Gasteiger partial charge is 0.386 e. The molecule has 0 bridgehead atoms. The maximum Gasteiger partial charge on any atom is 0.452 e. The molecule has 0 aliphatic carbocycles. The van der Waals surface area contributed by atoms with Crippen molar-refractivity contribution in [3.05, 3.63) is 54.4 Å². The maximum absolute atomic E-state index is 13.5. The Morgan fingerprint density at radius 1 is 1.00 bits per heavy atom. The second-order valence-electron chi connectivity index (χ2n) is 5.44. The molecule has 5 nitrogen and oxygen atoms in total. The lowest BCUT2D eigenvalue weighted by Gasteiger charge is -2.12. The molecule has 0 amide bonds. The maximum atomic E-state index is 13.5. The Hall–Kier alpha value is -2.81. The number of nitrogens with zero attached hydrogens (tertiary/aromatic N) is 4. The minimum Gasteiger partial charge on any atom is -0.386 e. The van der Waals surface area contributed by atoms with E-state index in [2.05, 4.69) is 20.5 Å². The van der Waals surface area contributed by atoms with E-state index in [1.54, 1.807) is 25.2 Å². The van der Waals surface area contributed by atoms with Gasteiger partial charge in [0.2, 0.25) is 5.82 Å². The number of hydrogen-bond acceptors (Lipinski definition) is 5. The van der Waals surface area contributed by atoms with Gasteiger partial charge in [-0.1, -0.05) is 36.0 Å². The van der Waals surface area contributed by atoms with Crippen LogP contribution in [0.1, 0.15) is 5.82 Å². The van der Waals surface area contributed by atoms with Gasteiger partial charge in [-0.05, 0) is 24.3 Å². The van der Waals surface area contributed by atoms with Crippen LogP contribution in [-0.2, 0) is 6.18 Å². The number of fused-ring (bicyclic) bond motifs is 3. The molecule has 2 heterocycles. The number of hydrogen-bond donors (Lipinski definition) is 1. The lowest BCUT2D eigenvalue weighted by atomic mass is 10.2. The van der Waals surface area contributed by atoms with Crippen LogP contribution in [-0.4, -0.2) is 26.6 Å². The van der Waals surface area contributed by atoms with Crippen LogP contribution in [0.15, 0.2) is 58.5 Å². The van der Waals surface area contributed by atoms with Crippen molar-refractivity contribution >= 4 is 34.1 Å².